The van der Waals surface area contributed by atoms with Gasteiger partial charge in [-0.15, -0.1) is 0 Å². The van der Waals surface area contributed by atoms with Gasteiger partial charge in [0.05, 0.1) is 24.5 Å². The molecule has 5 heteroatoms. The lowest BCUT2D eigenvalue weighted by atomic mass is 9.73. The Morgan fingerprint density at radius 2 is 1.71 bits per heavy atom. The summed E-state index contributed by atoms with van der Waals surface area (Å²) in [6.07, 6.45) is 1.23. The van der Waals surface area contributed by atoms with Gasteiger partial charge in [0.15, 0.2) is 11.6 Å². The first kappa shape index (κ1) is 22.0. The van der Waals surface area contributed by atoms with E-state index in [9.17, 15) is 9.59 Å². The Balaban J connectivity index is 1.61. The molecule has 0 radical (unpaired) electrons. The van der Waals surface area contributed by atoms with Crippen LogP contribution in [0.15, 0.2) is 84.1 Å². The van der Waals surface area contributed by atoms with Gasteiger partial charge in [0.2, 0.25) is 0 Å². The number of allylic oxidation sites excluding steroid dienone is 1. The molecule has 0 saturated carbocycles. The molecule has 1 aliphatic heterocycles. The first-order valence-corrected chi connectivity index (χ1v) is 11.5. The fourth-order valence-corrected chi connectivity index (χ4v) is 4.91. The Labute approximate surface area is 199 Å². The second-order valence-corrected chi connectivity index (χ2v) is 9.77. The van der Waals surface area contributed by atoms with Gasteiger partial charge in [-0.1, -0.05) is 56.3 Å². The molecule has 1 atom stereocenters. The van der Waals surface area contributed by atoms with Gasteiger partial charge in [-0.05, 0) is 47.7 Å². The maximum absolute atomic E-state index is 13.4. The van der Waals surface area contributed by atoms with Crippen molar-refractivity contribution in [1.29, 1.82) is 0 Å². The van der Waals surface area contributed by atoms with E-state index in [0.717, 1.165) is 40.4 Å². The zero-order valence-corrected chi connectivity index (χ0v) is 19.6. The summed E-state index contributed by atoms with van der Waals surface area (Å²) in [4.78, 5) is 26.5. The van der Waals surface area contributed by atoms with E-state index in [0.29, 0.717) is 17.5 Å². The van der Waals surface area contributed by atoms with E-state index in [4.69, 9.17) is 4.74 Å². The molecule has 0 amide bonds. The van der Waals surface area contributed by atoms with Gasteiger partial charge in [0.1, 0.15) is 5.75 Å². The van der Waals surface area contributed by atoms with Crippen LogP contribution in [0, 0.1) is 5.41 Å². The number of benzene rings is 3. The summed E-state index contributed by atoms with van der Waals surface area (Å²) >= 11 is 0. The van der Waals surface area contributed by atoms with Crippen LogP contribution >= 0.6 is 0 Å². The van der Waals surface area contributed by atoms with E-state index >= 15 is 0 Å². The number of fused-ring (bicyclic) bond motifs is 1. The van der Waals surface area contributed by atoms with Crippen molar-refractivity contribution >= 4 is 22.9 Å². The third-order valence-corrected chi connectivity index (χ3v) is 6.54. The average Bonchev–Trinajstić information content (AvgIpc) is 2.99. The molecule has 2 aliphatic rings. The summed E-state index contributed by atoms with van der Waals surface area (Å²) in [5.74, 6) is 0.840. The Morgan fingerprint density at radius 1 is 0.912 bits per heavy atom. The lowest BCUT2D eigenvalue weighted by molar-refractivity contribution is -0.118. The minimum atomic E-state index is -0.321. The van der Waals surface area contributed by atoms with Crippen LogP contribution in [0.25, 0.3) is 0 Å². The molecule has 0 aromatic heterocycles. The van der Waals surface area contributed by atoms with Crippen LogP contribution in [0.5, 0.6) is 5.75 Å². The summed E-state index contributed by atoms with van der Waals surface area (Å²) in [5, 5.41) is 7.12. The highest BCUT2D eigenvalue weighted by Gasteiger charge is 2.38. The fraction of sp³-hybridized carbons (Fsp3) is 0.241. The molecule has 0 unspecified atom stereocenters. The molecule has 3 aromatic carbocycles. The van der Waals surface area contributed by atoms with Crippen LogP contribution in [0.3, 0.4) is 0 Å². The van der Waals surface area contributed by atoms with E-state index in [1.54, 1.807) is 7.11 Å². The molecule has 2 N–H and O–H groups in total. The van der Waals surface area contributed by atoms with Crippen molar-refractivity contribution < 1.29 is 14.3 Å². The molecule has 1 aliphatic carbocycles. The number of rotatable bonds is 4. The zero-order valence-electron chi connectivity index (χ0n) is 19.6. The van der Waals surface area contributed by atoms with Crippen molar-refractivity contribution in [3.63, 3.8) is 0 Å². The van der Waals surface area contributed by atoms with Gasteiger partial charge in [-0.2, -0.15) is 0 Å². The molecule has 1 heterocycles. The van der Waals surface area contributed by atoms with Crippen LogP contribution in [-0.4, -0.2) is 18.7 Å². The van der Waals surface area contributed by atoms with Gasteiger partial charge >= 0.3 is 0 Å². The molecule has 5 rings (SSSR count). The normalized spacial score (nSPS) is 18.7. The van der Waals surface area contributed by atoms with E-state index in [-0.39, 0.29) is 23.0 Å². The highest BCUT2D eigenvalue weighted by atomic mass is 16.5. The summed E-state index contributed by atoms with van der Waals surface area (Å²) in [5.41, 5.74) is 5.35. The van der Waals surface area contributed by atoms with Gasteiger partial charge in [-0.3, -0.25) is 9.59 Å². The molecule has 0 saturated heterocycles. The predicted molar refractivity (Wildman–Crippen MR) is 134 cm³/mol. The molecular formula is C29H28N2O3. The minimum Gasteiger partial charge on any atom is -0.497 e. The predicted octanol–water partition coefficient (Wildman–Crippen LogP) is 6.15. The minimum absolute atomic E-state index is 0.0342. The van der Waals surface area contributed by atoms with Crippen molar-refractivity contribution in [3.8, 4) is 5.75 Å². The number of ketones is 2. The maximum atomic E-state index is 13.4. The quantitative estimate of drug-likeness (QED) is 0.465. The highest BCUT2D eigenvalue weighted by Crippen LogP contribution is 2.46. The number of nitrogens with one attached hydrogen (secondary N) is 2. The van der Waals surface area contributed by atoms with E-state index in [1.165, 1.54) is 0 Å². The largest absolute Gasteiger partial charge is 0.497 e. The van der Waals surface area contributed by atoms with Gasteiger partial charge < -0.3 is 15.4 Å². The molecule has 34 heavy (non-hydrogen) atoms. The van der Waals surface area contributed by atoms with Crippen molar-refractivity contribution in [2.75, 3.05) is 17.7 Å². The smallest absolute Gasteiger partial charge is 0.193 e. The molecular weight excluding hydrogens is 424 g/mol. The standard InChI is InChI=1S/C29H28N2O3/c1-29(2)16-24-26(25(32)17-29)27(19-10-7-11-21(14-19)34-3)31-22-13-12-20(15-23(22)30-24)28(33)18-8-5-4-6-9-18/h4-15,27,30-31H,16-17H2,1-3H3/t27-/m1/s1. The average molecular weight is 453 g/mol. The summed E-state index contributed by atoms with van der Waals surface area (Å²) in [6.45, 7) is 4.23. The second kappa shape index (κ2) is 8.49. The lowest BCUT2D eigenvalue weighted by Crippen LogP contribution is -2.31. The third-order valence-electron chi connectivity index (χ3n) is 6.54. The SMILES string of the molecule is COc1cccc([C@H]2Nc3ccc(C(=O)c4ccccc4)cc3NC3=C2C(=O)CC(C)(C)C3)c1. The highest BCUT2D eigenvalue weighted by molar-refractivity contribution is 6.10. The van der Waals surface area contributed by atoms with Crippen molar-refractivity contribution in [2.45, 2.75) is 32.7 Å². The Kier molecular flexibility index (Phi) is 5.48. The molecule has 3 aromatic rings. The molecule has 172 valence electrons. The number of hydrogen-bond donors (Lipinski definition) is 2. The van der Waals surface area contributed by atoms with Gasteiger partial charge in [0, 0.05) is 28.8 Å². The van der Waals surface area contributed by atoms with Crippen molar-refractivity contribution in [1.82, 2.24) is 0 Å². The van der Waals surface area contributed by atoms with Crippen LogP contribution in [0.4, 0.5) is 11.4 Å². The van der Waals surface area contributed by atoms with E-state index in [2.05, 4.69) is 24.5 Å². The first-order valence-electron chi connectivity index (χ1n) is 11.5. The van der Waals surface area contributed by atoms with Crippen LogP contribution < -0.4 is 15.4 Å². The van der Waals surface area contributed by atoms with Crippen LogP contribution in [-0.2, 0) is 4.79 Å². The number of anilines is 2. The van der Waals surface area contributed by atoms with Gasteiger partial charge in [-0.25, -0.2) is 0 Å². The monoisotopic (exact) mass is 452 g/mol. The second-order valence-electron chi connectivity index (χ2n) is 9.77. The summed E-state index contributed by atoms with van der Waals surface area (Å²) in [7, 11) is 1.64. The van der Waals surface area contributed by atoms with Crippen LogP contribution in [0.1, 0.15) is 54.2 Å². The molecule has 0 bridgehead atoms. The van der Waals surface area contributed by atoms with Crippen molar-refractivity contribution in [3.05, 3.63) is 101 Å². The number of Topliss-reactive ketones (excluding diaryl/α,β-unsaturated/α-hetero) is 1. The zero-order chi connectivity index (χ0) is 23.9. The molecule has 0 fully saturated rings. The van der Waals surface area contributed by atoms with E-state index in [1.807, 2.05) is 72.8 Å². The number of carbonyl (C=O) groups is 2. The number of carbonyl (C=O) groups excluding carboxylic acids is 2. The Morgan fingerprint density at radius 3 is 2.47 bits per heavy atom. The number of ether oxygens (including phenoxy) is 1. The fourth-order valence-electron chi connectivity index (χ4n) is 4.91. The third kappa shape index (κ3) is 4.10. The number of hydrogen-bond acceptors (Lipinski definition) is 5. The topological polar surface area (TPSA) is 67.4 Å². The Bertz CT molecular complexity index is 1310. The first-order chi connectivity index (χ1) is 16.3. The molecule has 5 nitrogen and oxygen atoms in total. The van der Waals surface area contributed by atoms with Crippen molar-refractivity contribution in [2.24, 2.45) is 5.41 Å². The number of methoxy groups -OCH3 is 1. The van der Waals surface area contributed by atoms with E-state index < -0.39 is 0 Å². The maximum Gasteiger partial charge on any atom is 0.193 e. The van der Waals surface area contributed by atoms with Crippen LogP contribution in [0.2, 0.25) is 0 Å². The summed E-state index contributed by atoms with van der Waals surface area (Å²) in [6, 6.07) is 22.4. The Hall–Kier alpha value is -3.86. The lowest BCUT2D eigenvalue weighted by Gasteiger charge is -2.34. The molecule has 0 spiro atoms. The summed E-state index contributed by atoms with van der Waals surface area (Å²) < 4.78 is 5.44. The van der Waals surface area contributed by atoms with Gasteiger partial charge in [0.25, 0.3) is 0 Å².